The SMILES string of the molecule is O=C(O)C1CCN(C(=O)COc2cc(Cl)c(Cl)cc2Cl)C1. The van der Waals surface area contributed by atoms with Crippen LogP contribution in [0.15, 0.2) is 12.1 Å². The first-order valence-electron chi connectivity index (χ1n) is 6.16. The molecule has 1 heterocycles. The Labute approximate surface area is 136 Å². The van der Waals surface area contributed by atoms with Gasteiger partial charge in [0.25, 0.3) is 5.91 Å². The molecule has 8 heteroatoms. The number of likely N-dealkylation sites (tertiary alicyclic amines) is 1. The van der Waals surface area contributed by atoms with Gasteiger partial charge >= 0.3 is 5.97 Å². The summed E-state index contributed by atoms with van der Waals surface area (Å²) in [5.41, 5.74) is 0. The van der Waals surface area contributed by atoms with Crippen LogP contribution in [0.25, 0.3) is 0 Å². The van der Waals surface area contributed by atoms with E-state index in [0.29, 0.717) is 18.0 Å². The second-order valence-electron chi connectivity index (χ2n) is 4.65. The van der Waals surface area contributed by atoms with Gasteiger partial charge in [-0.2, -0.15) is 0 Å². The summed E-state index contributed by atoms with van der Waals surface area (Å²) in [6.07, 6.45) is 0.453. The van der Waals surface area contributed by atoms with Crippen LogP contribution in [0.4, 0.5) is 0 Å². The highest BCUT2D eigenvalue weighted by Crippen LogP contribution is 2.33. The largest absolute Gasteiger partial charge is 0.482 e. The Kier molecular flexibility index (Phi) is 5.19. The van der Waals surface area contributed by atoms with Crippen molar-refractivity contribution in [3.05, 3.63) is 27.2 Å². The Morgan fingerprint density at radius 1 is 1.24 bits per heavy atom. The lowest BCUT2D eigenvalue weighted by Gasteiger charge is -2.16. The highest BCUT2D eigenvalue weighted by molar-refractivity contribution is 6.43. The van der Waals surface area contributed by atoms with Gasteiger partial charge in [0, 0.05) is 19.2 Å². The summed E-state index contributed by atoms with van der Waals surface area (Å²) in [6, 6.07) is 2.87. The second kappa shape index (κ2) is 6.73. The molecule has 0 saturated carbocycles. The summed E-state index contributed by atoms with van der Waals surface area (Å²) in [6.45, 7) is 0.380. The summed E-state index contributed by atoms with van der Waals surface area (Å²) < 4.78 is 5.33. The molecule has 1 aromatic carbocycles. The van der Waals surface area contributed by atoms with Gasteiger partial charge in [0.1, 0.15) is 5.75 Å². The van der Waals surface area contributed by atoms with Crippen LogP contribution in [-0.4, -0.2) is 41.6 Å². The Hall–Kier alpha value is -1.17. The fraction of sp³-hybridized carbons (Fsp3) is 0.385. The van der Waals surface area contributed by atoms with Crippen molar-refractivity contribution in [1.29, 1.82) is 0 Å². The Morgan fingerprint density at radius 2 is 1.90 bits per heavy atom. The predicted octanol–water partition coefficient (Wildman–Crippen LogP) is 2.96. The van der Waals surface area contributed by atoms with Crippen LogP contribution in [0.5, 0.6) is 5.75 Å². The highest BCUT2D eigenvalue weighted by Gasteiger charge is 2.30. The third kappa shape index (κ3) is 3.93. The summed E-state index contributed by atoms with van der Waals surface area (Å²) in [4.78, 5) is 24.3. The molecule has 1 N–H and O–H groups in total. The topological polar surface area (TPSA) is 66.8 Å². The zero-order valence-corrected chi connectivity index (χ0v) is 13.1. The molecular formula is C13H12Cl3NO4. The minimum atomic E-state index is -0.890. The summed E-state index contributed by atoms with van der Waals surface area (Å²) in [5.74, 6) is -1.43. The average molecular weight is 353 g/mol. The predicted molar refractivity (Wildman–Crippen MR) is 79.3 cm³/mol. The molecule has 1 unspecified atom stereocenters. The Morgan fingerprint density at radius 3 is 2.52 bits per heavy atom. The molecule has 1 aromatic rings. The number of carboxylic acid groups (broad SMARTS) is 1. The fourth-order valence-corrected chi connectivity index (χ4v) is 2.63. The van der Waals surface area contributed by atoms with Crippen molar-refractivity contribution in [1.82, 2.24) is 4.90 Å². The molecule has 1 saturated heterocycles. The molecule has 1 amide bonds. The molecule has 2 rings (SSSR count). The lowest BCUT2D eigenvalue weighted by atomic mass is 10.1. The minimum absolute atomic E-state index is 0.201. The van der Waals surface area contributed by atoms with Crippen molar-refractivity contribution in [3.63, 3.8) is 0 Å². The van der Waals surface area contributed by atoms with Gasteiger partial charge < -0.3 is 14.7 Å². The van der Waals surface area contributed by atoms with Crippen molar-refractivity contribution >= 4 is 46.7 Å². The van der Waals surface area contributed by atoms with E-state index in [9.17, 15) is 9.59 Å². The monoisotopic (exact) mass is 351 g/mol. The molecule has 1 atom stereocenters. The quantitative estimate of drug-likeness (QED) is 0.846. The van der Waals surface area contributed by atoms with Crippen LogP contribution < -0.4 is 4.74 Å². The molecule has 0 bridgehead atoms. The lowest BCUT2D eigenvalue weighted by molar-refractivity contribution is -0.141. The van der Waals surface area contributed by atoms with Gasteiger partial charge in [-0.25, -0.2) is 0 Å². The number of rotatable bonds is 4. The van der Waals surface area contributed by atoms with Crippen molar-refractivity contribution in [2.75, 3.05) is 19.7 Å². The highest BCUT2D eigenvalue weighted by atomic mass is 35.5. The van der Waals surface area contributed by atoms with E-state index >= 15 is 0 Å². The zero-order valence-electron chi connectivity index (χ0n) is 10.8. The molecule has 0 radical (unpaired) electrons. The third-order valence-electron chi connectivity index (χ3n) is 3.22. The molecule has 5 nitrogen and oxygen atoms in total. The number of aliphatic carboxylic acids is 1. The molecule has 0 aliphatic carbocycles. The number of benzene rings is 1. The number of hydrogen-bond acceptors (Lipinski definition) is 3. The van der Waals surface area contributed by atoms with Gasteiger partial charge in [0.15, 0.2) is 6.61 Å². The molecule has 1 aliphatic heterocycles. The maximum atomic E-state index is 12.0. The number of halogens is 3. The standard InChI is InChI=1S/C13H12Cl3NO4/c14-8-3-10(16)11(4-9(8)15)21-6-12(18)17-2-1-7(5-17)13(19)20/h3-4,7H,1-2,5-6H2,(H,19,20). The van der Waals surface area contributed by atoms with E-state index in [1.165, 1.54) is 17.0 Å². The first-order valence-corrected chi connectivity index (χ1v) is 7.29. The first-order chi connectivity index (χ1) is 9.88. The van der Waals surface area contributed by atoms with Crippen molar-refractivity contribution in [3.8, 4) is 5.75 Å². The van der Waals surface area contributed by atoms with Crippen molar-refractivity contribution in [2.45, 2.75) is 6.42 Å². The van der Waals surface area contributed by atoms with Crippen LogP contribution in [0, 0.1) is 5.92 Å². The number of amides is 1. The molecule has 0 spiro atoms. The second-order valence-corrected chi connectivity index (χ2v) is 5.87. The Balaban J connectivity index is 1.93. The average Bonchev–Trinajstić information content (AvgIpc) is 2.91. The maximum absolute atomic E-state index is 12.0. The molecule has 114 valence electrons. The van der Waals surface area contributed by atoms with Crippen LogP contribution in [0.3, 0.4) is 0 Å². The van der Waals surface area contributed by atoms with E-state index in [1.54, 1.807) is 0 Å². The van der Waals surface area contributed by atoms with Gasteiger partial charge in [-0.05, 0) is 12.5 Å². The first kappa shape index (κ1) is 16.2. The Bertz CT molecular complexity index is 579. The van der Waals surface area contributed by atoms with Crippen LogP contribution in [-0.2, 0) is 9.59 Å². The van der Waals surface area contributed by atoms with E-state index in [0.717, 1.165) is 0 Å². The fourth-order valence-electron chi connectivity index (χ4n) is 2.03. The number of carbonyl (C=O) groups is 2. The smallest absolute Gasteiger partial charge is 0.308 e. The molecule has 0 aromatic heterocycles. The molecule has 1 aliphatic rings. The van der Waals surface area contributed by atoms with Gasteiger partial charge in [0.2, 0.25) is 0 Å². The molecule has 1 fully saturated rings. The van der Waals surface area contributed by atoms with Gasteiger partial charge in [0.05, 0.1) is 21.0 Å². The zero-order chi connectivity index (χ0) is 15.6. The van der Waals surface area contributed by atoms with Gasteiger partial charge in [-0.3, -0.25) is 9.59 Å². The number of ether oxygens (including phenoxy) is 1. The number of carbonyl (C=O) groups excluding carboxylic acids is 1. The molecule has 21 heavy (non-hydrogen) atoms. The van der Waals surface area contributed by atoms with Crippen LogP contribution in [0.1, 0.15) is 6.42 Å². The summed E-state index contributed by atoms with van der Waals surface area (Å²) >= 11 is 17.6. The van der Waals surface area contributed by atoms with Crippen molar-refractivity contribution < 1.29 is 19.4 Å². The van der Waals surface area contributed by atoms with E-state index in [4.69, 9.17) is 44.6 Å². The van der Waals surface area contributed by atoms with Gasteiger partial charge in [-0.1, -0.05) is 34.8 Å². The normalized spacial score (nSPS) is 17.9. The summed E-state index contributed by atoms with van der Waals surface area (Å²) in [7, 11) is 0. The van der Waals surface area contributed by atoms with E-state index in [2.05, 4.69) is 0 Å². The number of nitrogens with zero attached hydrogens (tertiary/aromatic N) is 1. The molecular weight excluding hydrogens is 341 g/mol. The van der Waals surface area contributed by atoms with Gasteiger partial charge in [-0.15, -0.1) is 0 Å². The van der Waals surface area contributed by atoms with E-state index in [1.807, 2.05) is 0 Å². The summed E-state index contributed by atoms with van der Waals surface area (Å²) in [5, 5.41) is 9.72. The van der Waals surface area contributed by atoms with Crippen LogP contribution in [0.2, 0.25) is 15.1 Å². The van der Waals surface area contributed by atoms with Crippen molar-refractivity contribution in [2.24, 2.45) is 5.92 Å². The minimum Gasteiger partial charge on any atom is -0.482 e. The number of hydrogen-bond donors (Lipinski definition) is 1. The van der Waals surface area contributed by atoms with E-state index in [-0.39, 0.29) is 34.9 Å². The number of carboxylic acids is 1. The third-order valence-corrected chi connectivity index (χ3v) is 4.23. The van der Waals surface area contributed by atoms with E-state index < -0.39 is 11.9 Å². The van der Waals surface area contributed by atoms with Crippen LogP contribution >= 0.6 is 34.8 Å². The lowest BCUT2D eigenvalue weighted by Crippen LogP contribution is -2.33. The maximum Gasteiger partial charge on any atom is 0.308 e.